The third-order valence-corrected chi connectivity index (χ3v) is 0. The van der Waals surface area contributed by atoms with Crippen LogP contribution < -0.4 is 0 Å². The SMILES string of the molecule is [BiH3].[Fe].[O]=[Nb]. The number of hydrogen-bond donors (Lipinski definition) is 0. The van der Waals surface area contributed by atoms with Gasteiger partial charge in [-0.05, 0) is 0 Å². The summed E-state index contributed by atoms with van der Waals surface area (Å²) in [6.45, 7) is 0. The van der Waals surface area contributed by atoms with Crippen LogP contribution >= 0.6 is 0 Å². The van der Waals surface area contributed by atoms with Gasteiger partial charge in [-0.1, -0.05) is 0 Å². The average molecular weight is 377 g/mol. The molecule has 0 aliphatic rings. The van der Waals surface area contributed by atoms with Crippen LogP contribution in [0.15, 0.2) is 0 Å². The number of hydrogen-bond acceptors (Lipinski definition) is 1. The summed E-state index contributed by atoms with van der Waals surface area (Å²) in [5.41, 5.74) is 0. The maximum atomic E-state index is 8.30. The second-order valence-electron chi connectivity index (χ2n) is 0. The Bertz CT molecular complexity index is 8.00. The molecule has 0 saturated carbocycles. The van der Waals surface area contributed by atoms with Crippen LogP contribution in [0.25, 0.3) is 0 Å². The molecule has 4 heteroatoms. The Kier molecular flexibility index (Phi) is 85.3. The summed E-state index contributed by atoms with van der Waals surface area (Å²) in [4.78, 5) is 0. The first-order valence-corrected chi connectivity index (χ1v) is 1.08. The van der Waals surface area contributed by atoms with Crippen molar-refractivity contribution in [3.63, 3.8) is 0 Å². The van der Waals surface area contributed by atoms with Gasteiger partial charge in [0, 0.05) is 17.1 Å². The van der Waals surface area contributed by atoms with Crippen LogP contribution in [0.1, 0.15) is 0 Å². The molecule has 0 radical (unpaired) electrons. The van der Waals surface area contributed by atoms with Crippen molar-refractivity contribution < 1.29 is 41.4 Å². The van der Waals surface area contributed by atoms with Gasteiger partial charge in [0.1, 0.15) is 0 Å². The monoisotopic (exact) mass is 377 g/mol. The minimum absolute atomic E-state index is 0. The molecule has 0 bridgehead atoms. The summed E-state index contributed by atoms with van der Waals surface area (Å²) < 4.78 is 8.30. The first-order valence-electron chi connectivity index (χ1n) is 0.183. The summed E-state index contributed by atoms with van der Waals surface area (Å²) in [7, 11) is 0. The molecule has 0 saturated heterocycles. The Morgan fingerprint density at radius 2 is 1.25 bits per heavy atom. The molecule has 0 spiro atoms. The van der Waals surface area contributed by atoms with E-state index in [-0.39, 0.29) is 43.3 Å². The zero-order chi connectivity index (χ0) is 2.00. The summed E-state index contributed by atoms with van der Waals surface area (Å²) in [5.74, 6) is 0. The molecule has 27 valence electrons. The van der Waals surface area contributed by atoms with Crippen molar-refractivity contribution in [2.24, 2.45) is 0 Å². The normalized spacial score (nSPS) is 0.750. The summed E-state index contributed by atoms with van der Waals surface area (Å²) in [5, 5.41) is 0. The molecule has 0 aromatic rings. The van der Waals surface area contributed by atoms with Gasteiger partial charge in [-0.2, -0.15) is 0 Å². The molecule has 0 atom stereocenters. The van der Waals surface area contributed by atoms with E-state index in [1.54, 1.807) is 0 Å². The minimum atomic E-state index is 0. The van der Waals surface area contributed by atoms with Crippen molar-refractivity contribution in [3.8, 4) is 0 Å². The molecule has 4 heavy (non-hydrogen) atoms. The Morgan fingerprint density at radius 1 is 1.25 bits per heavy atom. The third-order valence-electron chi connectivity index (χ3n) is 0. The molecule has 0 aliphatic carbocycles. The fourth-order valence-corrected chi connectivity index (χ4v) is 0. The summed E-state index contributed by atoms with van der Waals surface area (Å²) >= 11 is 0.500. The molecule has 0 aromatic heterocycles. The average Bonchev–Trinajstić information content (AvgIpc) is 1.00. The fourth-order valence-electron chi connectivity index (χ4n) is 0. The van der Waals surface area contributed by atoms with Gasteiger partial charge in [-0.25, -0.2) is 0 Å². The van der Waals surface area contributed by atoms with Crippen LogP contribution in [0.3, 0.4) is 0 Å². The Labute approximate surface area is 66.8 Å². The quantitative estimate of drug-likeness (QED) is 0.480. The van der Waals surface area contributed by atoms with Crippen molar-refractivity contribution in [1.82, 2.24) is 0 Å². The van der Waals surface area contributed by atoms with Crippen LogP contribution in [0.5, 0.6) is 0 Å². The van der Waals surface area contributed by atoms with Gasteiger partial charge in [-0.3, -0.25) is 0 Å². The van der Waals surface area contributed by atoms with Gasteiger partial charge in [-0.15, -0.1) is 0 Å². The van der Waals surface area contributed by atoms with Gasteiger partial charge < -0.3 is 0 Å². The molecule has 0 heterocycles. The molecular weight excluding hydrogens is 374 g/mol. The summed E-state index contributed by atoms with van der Waals surface area (Å²) in [6, 6.07) is 0. The molecule has 0 unspecified atom stereocenters. The van der Waals surface area contributed by atoms with Crippen LogP contribution in [0.4, 0.5) is 0 Å². The van der Waals surface area contributed by atoms with E-state index in [4.69, 9.17) is 3.25 Å². The molecule has 0 fully saturated rings. The van der Waals surface area contributed by atoms with E-state index in [9.17, 15) is 0 Å². The third kappa shape index (κ3) is 9.05. The van der Waals surface area contributed by atoms with E-state index in [0.717, 1.165) is 0 Å². The first-order chi connectivity index (χ1) is 1.00. The molecule has 1 nitrogen and oxygen atoms in total. The summed E-state index contributed by atoms with van der Waals surface area (Å²) in [6.07, 6.45) is 0. The van der Waals surface area contributed by atoms with Crippen LogP contribution in [-0.4, -0.2) is 26.2 Å². The van der Waals surface area contributed by atoms with Crippen LogP contribution in [-0.2, 0) is 41.4 Å². The molecular formula is H3BiFeNbO. The van der Waals surface area contributed by atoms with E-state index >= 15 is 0 Å². The van der Waals surface area contributed by atoms with Gasteiger partial charge in [0.25, 0.3) is 0 Å². The first kappa shape index (κ1) is 16.8. The van der Waals surface area contributed by atoms with Gasteiger partial charge in [0.2, 0.25) is 0 Å². The van der Waals surface area contributed by atoms with Crippen molar-refractivity contribution >= 4 is 26.2 Å². The van der Waals surface area contributed by atoms with Gasteiger partial charge in [0.15, 0.2) is 0 Å². The van der Waals surface area contributed by atoms with E-state index in [1.165, 1.54) is 0 Å². The van der Waals surface area contributed by atoms with Crippen LogP contribution in [0.2, 0.25) is 0 Å². The molecule has 0 rings (SSSR count). The second-order valence-corrected chi connectivity index (χ2v) is 0. The topological polar surface area (TPSA) is 17.1 Å². The Balaban J connectivity index is -0.00000000500. The zero-order valence-electron chi connectivity index (χ0n) is 1.92. The van der Waals surface area contributed by atoms with Gasteiger partial charge in [0.05, 0.1) is 0 Å². The number of rotatable bonds is 0. The van der Waals surface area contributed by atoms with E-state index in [1.807, 2.05) is 0 Å². The maximum absolute atomic E-state index is 8.30. The van der Waals surface area contributed by atoms with E-state index in [2.05, 4.69) is 0 Å². The van der Waals surface area contributed by atoms with Crippen molar-refractivity contribution in [1.29, 1.82) is 0 Å². The zero-order valence-corrected chi connectivity index (χ0v) is 10.7. The Hall–Kier alpha value is 1.94. The van der Waals surface area contributed by atoms with Crippen molar-refractivity contribution in [2.45, 2.75) is 0 Å². The predicted molar refractivity (Wildman–Crippen MR) is 10.6 cm³/mol. The second kappa shape index (κ2) is 20.4. The molecule has 0 N–H and O–H groups in total. The van der Waals surface area contributed by atoms with E-state index < -0.39 is 0 Å². The standard InChI is InChI=1S/Bi.Fe.Nb.O.3H. The molecule has 0 aromatic carbocycles. The van der Waals surface area contributed by atoms with Gasteiger partial charge >= 0.3 is 50.5 Å². The fraction of sp³-hybridized carbons (Fsp3) is 0. The van der Waals surface area contributed by atoms with Crippen molar-refractivity contribution in [2.75, 3.05) is 0 Å². The van der Waals surface area contributed by atoms with Crippen molar-refractivity contribution in [3.05, 3.63) is 0 Å². The molecule has 0 aliphatic heterocycles. The molecule has 0 amide bonds. The predicted octanol–water partition coefficient (Wildman–Crippen LogP) is -1.31. The van der Waals surface area contributed by atoms with E-state index in [0.29, 0.717) is 21.0 Å². The van der Waals surface area contributed by atoms with Crippen LogP contribution in [0, 0.1) is 0 Å². The Morgan fingerprint density at radius 3 is 1.25 bits per heavy atom.